The molecule has 94 valence electrons. The van der Waals surface area contributed by atoms with E-state index in [9.17, 15) is 14.9 Å². The molecule has 17 heavy (non-hydrogen) atoms. The highest BCUT2D eigenvalue weighted by molar-refractivity contribution is 5.92. The number of carbonyl (C=O) groups is 1. The van der Waals surface area contributed by atoms with Gasteiger partial charge in [-0.25, -0.2) is 0 Å². The van der Waals surface area contributed by atoms with E-state index in [0.29, 0.717) is 5.92 Å². The lowest BCUT2D eigenvalue weighted by Gasteiger charge is -2.25. The molecular weight excluding hydrogens is 218 g/mol. The molecule has 3 fully saturated rings. The third kappa shape index (κ3) is 0.713. The molecule has 0 amide bonds. The molecule has 4 nitrogen and oxygen atoms in total. The van der Waals surface area contributed by atoms with Gasteiger partial charge in [-0.3, -0.25) is 14.9 Å². The Morgan fingerprint density at radius 3 is 2.24 bits per heavy atom. The van der Waals surface area contributed by atoms with E-state index in [4.69, 9.17) is 0 Å². The molecule has 4 heteroatoms. The largest absolute Gasteiger partial charge is 0.299 e. The average molecular weight is 237 g/mol. The molecule has 0 heterocycles. The van der Waals surface area contributed by atoms with Crippen LogP contribution in [-0.2, 0) is 4.79 Å². The van der Waals surface area contributed by atoms with E-state index in [-0.39, 0.29) is 38.9 Å². The highest BCUT2D eigenvalue weighted by Crippen LogP contribution is 3.07. The van der Waals surface area contributed by atoms with Crippen LogP contribution in [0.4, 0.5) is 0 Å². The number of carbonyl (C=O) groups excluding carboxylic acids is 1. The zero-order valence-electron chi connectivity index (χ0n) is 10.8. The van der Waals surface area contributed by atoms with Gasteiger partial charge in [0.1, 0.15) is 5.78 Å². The molecule has 0 saturated heterocycles. The molecule has 0 radical (unpaired) electrons. The Morgan fingerprint density at radius 1 is 1.41 bits per heavy atom. The van der Waals surface area contributed by atoms with E-state index < -0.39 is 0 Å². The fraction of sp³-hybridized carbons (Fsp3) is 0.923. The van der Waals surface area contributed by atoms with Crippen LogP contribution in [0.1, 0.15) is 40.5 Å². The summed E-state index contributed by atoms with van der Waals surface area (Å²) in [4.78, 5) is 22.8. The van der Waals surface area contributed by atoms with Gasteiger partial charge >= 0.3 is 0 Å². The van der Waals surface area contributed by atoms with E-state index in [2.05, 4.69) is 6.92 Å². The van der Waals surface area contributed by atoms with E-state index in [1.165, 1.54) is 0 Å². The summed E-state index contributed by atoms with van der Waals surface area (Å²) in [6.07, 6.45) is 1.78. The summed E-state index contributed by atoms with van der Waals surface area (Å²) in [6.45, 7) is 7.76. The van der Waals surface area contributed by atoms with Crippen LogP contribution in [0.15, 0.2) is 0 Å². The maximum atomic E-state index is 11.7. The molecule has 3 aliphatic rings. The van der Waals surface area contributed by atoms with Crippen molar-refractivity contribution in [3.05, 3.63) is 10.1 Å². The summed E-state index contributed by atoms with van der Waals surface area (Å²) >= 11 is 0. The molecule has 1 spiro atoms. The number of ketones is 1. The first-order valence-corrected chi connectivity index (χ1v) is 6.53. The van der Waals surface area contributed by atoms with Crippen molar-refractivity contribution in [2.24, 2.45) is 28.1 Å². The van der Waals surface area contributed by atoms with E-state index in [0.717, 1.165) is 12.8 Å². The summed E-state index contributed by atoms with van der Waals surface area (Å²) in [5, 5.41) is 11.1. The van der Waals surface area contributed by atoms with Crippen LogP contribution in [0.2, 0.25) is 0 Å². The number of rotatable bonds is 4. The molecule has 0 N–H and O–H groups in total. The molecule has 3 saturated carbocycles. The lowest BCUT2D eigenvalue weighted by molar-refractivity contribution is -0.504. The monoisotopic (exact) mass is 237 g/mol. The molecule has 3 rings (SSSR count). The van der Waals surface area contributed by atoms with E-state index in [1.807, 2.05) is 13.8 Å². The molecule has 5 unspecified atom stereocenters. The maximum Gasteiger partial charge on any atom is 0.223 e. The number of hydrogen-bond donors (Lipinski definition) is 0. The minimum absolute atomic E-state index is 0.0236. The predicted molar refractivity (Wildman–Crippen MR) is 62.0 cm³/mol. The molecule has 0 aromatic rings. The SMILES string of the molecule is CCC1C([N+](=O)[O-])[C@]12C1C(C)(C(C)=O)C12CC. The number of fused-ring (bicyclic) bond motifs is 3. The van der Waals surface area contributed by atoms with Crippen LogP contribution in [0, 0.1) is 38.2 Å². The molecule has 3 aliphatic carbocycles. The van der Waals surface area contributed by atoms with Crippen molar-refractivity contribution in [2.45, 2.75) is 46.6 Å². The number of hydrogen-bond acceptors (Lipinski definition) is 3. The van der Waals surface area contributed by atoms with Gasteiger partial charge < -0.3 is 0 Å². The van der Waals surface area contributed by atoms with Gasteiger partial charge in [0.25, 0.3) is 0 Å². The fourth-order valence-corrected chi connectivity index (χ4v) is 5.84. The van der Waals surface area contributed by atoms with Crippen LogP contribution >= 0.6 is 0 Å². The van der Waals surface area contributed by atoms with Gasteiger partial charge in [0, 0.05) is 21.7 Å². The van der Waals surface area contributed by atoms with Crippen molar-refractivity contribution >= 4 is 5.78 Å². The molecule has 0 bridgehead atoms. The molecule has 6 atom stereocenters. The topological polar surface area (TPSA) is 60.2 Å². The Hall–Kier alpha value is -0.930. The molecule has 0 aromatic carbocycles. The Balaban J connectivity index is 1.94. The third-order valence-corrected chi connectivity index (χ3v) is 6.41. The number of nitrogens with zero attached hydrogens (tertiary/aromatic N) is 1. The average Bonchev–Trinajstić information content (AvgIpc) is 3.15. The lowest BCUT2D eigenvalue weighted by Crippen LogP contribution is -2.31. The van der Waals surface area contributed by atoms with Crippen LogP contribution in [0.3, 0.4) is 0 Å². The normalized spacial score (nSPS) is 57.5. The van der Waals surface area contributed by atoms with Gasteiger partial charge in [-0.2, -0.15) is 0 Å². The van der Waals surface area contributed by atoms with Crippen molar-refractivity contribution in [3.8, 4) is 0 Å². The summed E-state index contributed by atoms with van der Waals surface area (Å²) in [5.41, 5.74) is -0.370. The van der Waals surface area contributed by atoms with Crippen molar-refractivity contribution in [3.63, 3.8) is 0 Å². The van der Waals surface area contributed by atoms with Gasteiger partial charge in [0.15, 0.2) is 0 Å². The minimum atomic E-state index is -0.370. The number of Topliss-reactive ketones (excluding diaryl/α,β-unsaturated/α-hetero) is 1. The van der Waals surface area contributed by atoms with Crippen molar-refractivity contribution in [1.29, 1.82) is 0 Å². The van der Waals surface area contributed by atoms with Crippen LogP contribution in [-0.4, -0.2) is 16.7 Å². The Labute approximate surface area is 101 Å². The second kappa shape index (κ2) is 2.57. The summed E-state index contributed by atoms with van der Waals surface area (Å²) < 4.78 is 0. The second-order valence-corrected chi connectivity index (χ2v) is 6.19. The summed E-state index contributed by atoms with van der Waals surface area (Å²) in [7, 11) is 0. The van der Waals surface area contributed by atoms with Crippen LogP contribution in [0.5, 0.6) is 0 Å². The molecular formula is C13H19NO3. The highest BCUT2D eigenvalue weighted by Gasteiger charge is 3.12. The minimum Gasteiger partial charge on any atom is -0.299 e. The van der Waals surface area contributed by atoms with Crippen molar-refractivity contribution < 1.29 is 9.72 Å². The van der Waals surface area contributed by atoms with Crippen molar-refractivity contribution in [2.75, 3.05) is 0 Å². The van der Waals surface area contributed by atoms with Gasteiger partial charge in [0.05, 0.1) is 5.41 Å². The van der Waals surface area contributed by atoms with E-state index in [1.54, 1.807) is 6.92 Å². The summed E-state index contributed by atoms with van der Waals surface area (Å²) in [6, 6.07) is -0.370. The van der Waals surface area contributed by atoms with Crippen LogP contribution < -0.4 is 0 Å². The standard InChI is InChI=1S/C13H19NO3/c1-5-8-9(14(16)17)13(8)10-11(4,7(3)15)12(10,13)6-2/h8-10H,5-6H2,1-4H3/t8?,9?,10?,11?,12?,13-/m0/s1. The van der Waals surface area contributed by atoms with Gasteiger partial charge in [-0.1, -0.05) is 20.8 Å². The van der Waals surface area contributed by atoms with E-state index >= 15 is 0 Å². The highest BCUT2D eigenvalue weighted by atomic mass is 16.6. The first-order valence-electron chi connectivity index (χ1n) is 6.53. The predicted octanol–water partition coefficient (Wildman–Crippen LogP) is 2.29. The van der Waals surface area contributed by atoms with Crippen molar-refractivity contribution in [1.82, 2.24) is 0 Å². The van der Waals surface area contributed by atoms with Gasteiger partial charge in [-0.15, -0.1) is 0 Å². The smallest absolute Gasteiger partial charge is 0.223 e. The third-order valence-electron chi connectivity index (χ3n) is 6.41. The Bertz CT molecular complexity index is 448. The second-order valence-electron chi connectivity index (χ2n) is 6.19. The quantitative estimate of drug-likeness (QED) is 0.556. The zero-order chi connectivity index (χ0) is 12.8. The van der Waals surface area contributed by atoms with Gasteiger partial charge in [0.2, 0.25) is 6.04 Å². The first kappa shape index (κ1) is 11.2. The first-order chi connectivity index (χ1) is 7.88. The Morgan fingerprint density at radius 2 is 2.00 bits per heavy atom. The van der Waals surface area contributed by atoms with Gasteiger partial charge in [-0.05, 0) is 25.7 Å². The summed E-state index contributed by atoms with van der Waals surface area (Å²) in [5.74, 6) is 0.735. The Kier molecular flexibility index (Phi) is 1.69. The number of nitro groups is 1. The molecule has 0 aliphatic heterocycles. The molecule has 0 aromatic heterocycles. The lowest BCUT2D eigenvalue weighted by atomic mass is 9.75. The van der Waals surface area contributed by atoms with Crippen LogP contribution in [0.25, 0.3) is 0 Å². The fourth-order valence-electron chi connectivity index (χ4n) is 5.84. The maximum absolute atomic E-state index is 11.7. The zero-order valence-corrected chi connectivity index (χ0v) is 10.8.